The van der Waals surface area contributed by atoms with E-state index >= 15 is 0 Å². The number of ether oxygens (including phenoxy) is 1. The Bertz CT molecular complexity index is 313. The fourth-order valence-corrected chi connectivity index (χ4v) is 1.36. The van der Waals surface area contributed by atoms with Gasteiger partial charge < -0.3 is 4.74 Å². The zero-order valence-electron chi connectivity index (χ0n) is 6.52. The summed E-state index contributed by atoms with van der Waals surface area (Å²) in [4.78, 5) is 3.41. The summed E-state index contributed by atoms with van der Waals surface area (Å²) in [5.41, 5.74) is -0.841. The summed E-state index contributed by atoms with van der Waals surface area (Å²) in [5, 5.41) is 0. The van der Waals surface area contributed by atoms with E-state index in [1.165, 1.54) is 13.3 Å². The van der Waals surface area contributed by atoms with Crippen LogP contribution >= 0.6 is 15.9 Å². The van der Waals surface area contributed by atoms with Crippen molar-refractivity contribution in [1.82, 2.24) is 4.98 Å². The predicted molar refractivity (Wildman–Crippen MR) is 43.5 cm³/mol. The third kappa shape index (κ3) is 2.12. The van der Waals surface area contributed by atoms with Gasteiger partial charge in [-0.3, -0.25) is 4.98 Å². The number of hydrogen-bond donors (Lipinski definition) is 0. The Morgan fingerprint density at radius 2 is 2.00 bits per heavy atom. The molecule has 1 heterocycles. The predicted octanol–water partition coefficient (Wildman–Crippen LogP) is 2.87. The second-order valence-electron chi connectivity index (χ2n) is 2.20. The molecular weight excluding hydrogens is 251 g/mol. The number of rotatable bonds is 1. The zero-order chi connectivity index (χ0) is 10.1. The third-order valence-electron chi connectivity index (χ3n) is 1.37. The van der Waals surface area contributed by atoms with E-state index in [1.807, 2.05) is 0 Å². The summed E-state index contributed by atoms with van der Waals surface area (Å²) < 4.78 is 41.3. The van der Waals surface area contributed by atoms with Crippen molar-refractivity contribution in [2.45, 2.75) is 6.18 Å². The van der Waals surface area contributed by atoms with Crippen molar-refractivity contribution in [2.24, 2.45) is 0 Å². The maximum Gasteiger partial charge on any atom is 0.419 e. The van der Waals surface area contributed by atoms with Crippen molar-refractivity contribution in [2.75, 3.05) is 7.11 Å². The Kier molecular flexibility index (Phi) is 2.80. The maximum atomic E-state index is 12.2. The first-order chi connectivity index (χ1) is 5.96. The fraction of sp³-hybridized carbons (Fsp3) is 0.286. The molecule has 0 aliphatic rings. The van der Waals surface area contributed by atoms with E-state index in [0.717, 1.165) is 6.20 Å². The Hall–Kier alpha value is -0.780. The minimum atomic E-state index is -4.42. The van der Waals surface area contributed by atoms with Gasteiger partial charge >= 0.3 is 6.18 Å². The molecule has 0 bridgehead atoms. The molecule has 0 amide bonds. The molecule has 1 aromatic heterocycles. The molecule has 1 rings (SSSR count). The summed E-state index contributed by atoms with van der Waals surface area (Å²) in [6, 6.07) is 0. The number of pyridine rings is 1. The molecule has 0 atom stereocenters. The molecule has 0 radical (unpaired) electrons. The van der Waals surface area contributed by atoms with E-state index < -0.39 is 11.7 Å². The van der Waals surface area contributed by atoms with E-state index in [9.17, 15) is 13.2 Å². The molecule has 0 aromatic carbocycles. The second kappa shape index (κ2) is 3.53. The highest BCUT2D eigenvalue weighted by Gasteiger charge is 2.34. The highest BCUT2D eigenvalue weighted by Crippen LogP contribution is 2.38. The molecule has 72 valence electrons. The number of halogens is 4. The Labute approximate surface area is 80.9 Å². The van der Waals surface area contributed by atoms with Crippen LogP contribution in [0.1, 0.15) is 5.56 Å². The molecule has 0 N–H and O–H groups in total. The normalized spacial score (nSPS) is 11.5. The molecule has 0 fully saturated rings. The molecule has 6 heteroatoms. The van der Waals surface area contributed by atoms with Gasteiger partial charge in [0, 0.05) is 6.20 Å². The van der Waals surface area contributed by atoms with Crippen LogP contribution in [0.5, 0.6) is 5.75 Å². The molecule has 2 nitrogen and oxygen atoms in total. The molecule has 0 saturated carbocycles. The van der Waals surface area contributed by atoms with Gasteiger partial charge in [-0.1, -0.05) is 0 Å². The van der Waals surface area contributed by atoms with Crippen molar-refractivity contribution >= 4 is 15.9 Å². The van der Waals surface area contributed by atoms with Gasteiger partial charge in [0.15, 0.2) is 5.75 Å². The number of aromatic nitrogens is 1. The van der Waals surface area contributed by atoms with Crippen LogP contribution < -0.4 is 4.74 Å². The van der Waals surface area contributed by atoms with E-state index in [-0.39, 0.29) is 10.2 Å². The number of methoxy groups -OCH3 is 1. The zero-order valence-corrected chi connectivity index (χ0v) is 8.11. The van der Waals surface area contributed by atoms with Gasteiger partial charge in [0.25, 0.3) is 0 Å². The smallest absolute Gasteiger partial charge is 0.419 e. The van der Waals surface area contributed by atoms with Gasteiger partial charge in [-0.15, -0.1) is 0 Å². The van der Waals surface area contributed by atoms with E-state index in [4.69, 9.17) is 0 Å². The van der Waals surface area contributed by atoms with E-state index in [0.29, 0.717) is 0 Å². The maximum absolute atomic E-state index is 12.2. The lowest BCUT2D eigenvalue weighted by atomic mass is 10.3. The lowest BCUT2D eigenvalue weighted by Gasteiger charge is -2.10. The average Bonchev–Trinajstić information content (AvgIpc) is 2.02. The Balaban J connectivity index is 3.24. The first-order valence-electron chi connectivity index (χ1n) is 3.21. The number of alkyl halides is 3. The minimum Gasteiger partial charge on any atom is -0.494 e. The topological polar surface area (TPSA) is 22.1 Å². The molecule has 1 aromatic rings. The van der Waals surface area contributed by atoms with Crippen LogP contribution in [0.4, 0.5) is 13.2 Å². The molecule has 0 unspecified atom stereocenters. The van der Waals surface area contributed by atoms with Crippen LogP contribution in [0.25, 0.3) is 0 Å². The highest BCUT2D eigenvalue weighted by atomic mass is 79.9. The van der Waals surface area contributed by atoms with Crippen LogP contribution in [0.3, 0.4) is 0 Å². The largest absolute Gasteiger partial charge is 0.494 e. The molecule has 0 aliphatic heterocycles. The number of nitrogens with zero attached hydrogens (tertiary/aromatic N) is 1. The third-order valence-corrected chi connectivity index (χ3v) is 2.19. The minimum absolute atomic E-state index is 0.0647. The van der Waals surface area contributed by atoms with Gasteiger partial charge in [-0.05, 0) is 15.9 Å². The van der Waals surface area contributed by atoms with Crippen LogP contribution in [-0.4, -0.2) is 12.1 Å². The van der Waals surface area contributed by atoms with Crippen molar-refractivity contribution in [3.8, 4) is 5.75 Å². The number of hydrogen-bond acceptors (Lipinski definition) is 2. The first kappa shape index (κ1) is 10.3. The summed E-state index contributed by atoms with van der Waals surface area (Å²) >= 11 is 2.79. The molecule has 0 spiro atoms. The summed E-state index contributed by atoms with van der Waals surface area (Å²) in [6.07, 6.45) is -2.47. The van der Waals surface area contributed by atoms with Crippen LogP contribution in [0.2, 0.25) is 0 Å². The monoisotopic (exact) mass is 255 g/mol. The van der Waals surface area contributed by atoms with Crippen molar-refractivity contribution < 1.29 is 17.9 Å². The SMILES string of the molecule is COc1cncc(C(F)(F)F)c1Br. The quantitative estimate of drug-likeness (QED) is 0.770. The molecule has 0 saturated heterocycles. The van der Waals surface area contributed by atoms with E-state index in [2.05, 4.69) is 25.7 Å². The lowest BCUT2D eigenvalue weighted by Crippen LogP contribution is -2.07. The van der Waals surface area contributed by atoms with Crippen LogP contribution in [0.15, 0.2) is 16.9 Å². The van der Waals surface area contributed by atoms with Crippen LogP contribution in [-0.2, 0) is 6.18 Å². The first-order valence-corrected chi connectivity index (χ1v) is 4.01. The molecular formula is C7H5BrF3NO. The van der Waals surface area contributed by atoms with Gasteiger partial charge in [0.2, 0.25) is 0 Å². The molecule has 13 heavy (non-hydrogen) atoms. The van der Waals surface area contributed by atoms with Crippen molar-refractivity contribution in [3.05, 3.63) is 22.4 Å². The van der Waals surface area contributed by atoms with Gasteiger partial charge in [0.1, 0.15) is 0 Å². The van der Waals surface area contributed by atoms with Gasteiger partial charge in [-0.2, -0.15) is 13.2 Å². The Morgan fingerprint density at radius 3 is 2.46 bits per heavy atom. The highest BCUT2D eigenvalue weighted by molar-refractivity contribution is 9.10. The fourth-order valence-electron chi connectivity index (χ4n) is 0.766. The van der Waals surface area contributed by atoms with Crippen molar-refractivity contribution in [1.29, 1.82) is 0 Å². The lowest BCUT2D eigenvalue weighted by molar-refractivity contribution is -0.138. The average molecular weight is 256 g/mol. The summed E-state index contributed by atoms with van der Waals surface area (Å²) in [6.45, 7) is 0. The van der Waals surface area contributed by atoms with Crippen LogP contribution in [0, 0.1) is 0 Å². The summed E-state index contributed by atoms with van der Waals surface area (Å²) in [7, 11) is 1.28. The standard InChI is InChI=1S/C7H5BrF3NO/c1-13-5-3-12-2-4(6(5)8)7(9,10)11/h2-3H,1H3. The molecule has 0 aliphatic carbocycles. The van der Waals surface area contributed by atoms with E-state index in [1.54, 1.807) is 0 Å². The van der Waals surface area contributed by atoms with Gasteiger partial charge in [0.05, 0.1) is 23.3 Å². The van der Waals surface area contributed by atoms with Crippen molar-refractivity contribution in [3.63, 3.8) is 0 Å². The second-order valence-corrected chi connectivity index (χ2v) is 2.99. The van der Waals surface area contributed by atoms with Gasteiger partial charge in [-0.25, -0.2) is 0 Å². The Morgan fingerprint density at radius 1 is 1.38 bits per heavy atom. The summed E-state index contributed by atoms with van der Waals surface area (Å²) in [5.74, 6) is 0.0647.